The molecule has 23 heavy (non-hydrogen) atoms. The largest absolute Gasteiger partial charge is 0.355 e. The zero-order valence-electron chi connectivity index (χ0n) is 12.8. The van der Waals surface area contributed by atoms with Crippen LogP contribution in [0.5, 0.6) is 0 Å². The first-order chi connectivity index (χ1) is 11.1. The van der Waals surface area contributed by atoms with Crippen molar-refractivity contribution in [2.75, 3.05) is 23.3 Å². The van der Waals surface area contributed by atoms with Crippen molar-refractivity contribution < 1.29 is 4.79 Å². The molecule has 0 aromatic carbocycles. The van der Waals surface area contributed by atoms with Crippen LogP contribution in [0, 0.1) is 5.92 Å². The summed E-state index contributed by atoms with van der Waals surface area (Å²) in [5.41, 5.74) is 1.23. The number of anilines is 2. The van der Waals surface area contributed by atoms with E-state index in [1.54, 1.807) is 6.07 Å². The fourth-order valence-electron chi connectivity index (χ4n) is 2.48. The summed E-state index contributed by atoms with van der Waals surface area (Å²) in [5, 5.41) is 14.7. The van der Waals surface area contributed by atoms with Gasteiger partial charge >= 0.3 is 0 Å². The van der Waals surface area contributed by atoms with Gasteiger partial charge in [0.2, 0.25) is 11.0 Å². The lowest BCUT2D eigenvalue weighted by atomic mass is 9.99. The predicted octanol–water partition coefficient (Wildman–Crippen LogP) is 0.970. The van der Waals surface area contributed by atoms with Crippen LogP contribution in [-0.2, 0) is 11.3 Å². The van der Waals surface area contributed by atoms with Gasteiger partial charge in [0.25, 0.3) is 5.56 Å². The molecule has 2 aromatic heterocycles. The summed E-state index contributed by atoms with van der Waals surface area (Å²) in [7, 11) is 0. The maximum atomic E-state index is 12.0. The topological polar surface area (TPSA) is 93.0 Å². The Morgan fingerprint density at radius 3 is 2.87 bits per heavy atom. The van der Waals surface area contributed by atoms with Crippen LogP contribution < -0.4 is 15.8 Å². The van der Waals surface area contributed by atoms with Gasteiger partial charge in [-0.05, 0) is 24.8 Å². The third-order valence-electron chi connectivity index (χ3n) is 3.86. The molecule has 2 aromatic rings. The van der Waals surface area contributed by atoms with Crippen molar-refractivity contribution in [3.8, 4) is 0 Å². The van der Waals surface area contributed by atoms with E-state index in [0.717, 1.165) is 37.7 Å². The van der Waals surface area contributed by atoms with Gasteiger partial charge in [-0.15, -0.1) is 10.2 Å². The highest BCUT2D eigenvalue weighted by Crippen LogP contribution is 2.20. The van der Waals surface area contributed by atoms with E-state index in [0.29, 0.717) is 5.13 Å². The smallest absolute Gasteiger partial charge is 0.267 e. The number of rotatable bonds is 4. The van der Waals surface area contributed by atoms with E-state index in [-0.39, 0.29) is 18.0 Å². The molecule has 0 aliphatic carbocycles. The molecular weight excluding hydrogens is 316 g/mol. The molecule has 1 amide bonds. The summed E-state index contributed by atoms with van der Waals surface area (Å²) in [6.07, 6.45) is 2.22. The van der Waals surface area contributed by atoms with Crippen LogP contribution in [0.25, 0.3) is 0 Å². The van der Waals surface area contributed by atoms with E-state index in [9.17, 15) is 9.59 Å². The molecule has 1 aliphatic heterocycles. The minimum atomic E-state index is -0.347. The first-order valence-corrected chi connectivity index (χ1v) is 8.39. The van der Waals surface area contributed by atoms with E-state index in [1.807, 2.05) is 0 Å². The highest BCUT2D eigenvalue weighted by Gasteiger charge is 2.18. The number of hydrogen-bond acceptors (Lipinski definition) is 7. The number of carbonyl (C=O) groups excluding carboxylic acids is 1. The molecule has 9 heteroatoms. The van der Waals surface area contributed by atoms with Gasteiger partial charge in [-0.1, -0.05) is 18.3 Å². The lowest BCUT2D eigenvalue weighted by Crippen LogP contribution is -2.36. The van der Waals surface area contributed by atoms with Gasteiger partial charge in [-0.2, -0.15) is 5.10 Å². The second-order valence-corrected chi connectivity index (χ2v) is 6.48. The molecular formula is C14H18N6O2S. The summed E-state index contributed by atoms with van der Waals surface area (Å²) in [6, 6.07) is 3.18. The zero-order valence-corrected chi connectivity index (χ0v) is 13.6. The van der Waals surface area contributed by atoms with Crippen LogP contribution >= 0.6 is 11.3 Å². The van der Waals surface area contributed by atoms with Crippen LogP contribution in [0.1, 0.15) is 19.8 Å². The van der Waals surface area contributed by atoms with Gasteiger partial charge in [-0.25, -0.2) is 4.68 Å². The first-order valence-electron chi connectivity index (χ1n) is 7.51. The monoisotopic (exact) mass is 334 g/mol. The van der Waals surface area contributed by atoms with Crippen LogP contribution in [0.4, 0.5) is 10.9 Å². The minimum Gasteiger partial charge on any atom is -0.355 e. The Labute approximate surface area is 137 Å². The number of nitrogens with one attached hydrogen (secondary N) is 1. The highest BCUT2D eigenvalue weighted by atomic mass is 32.1. The van der Waals surface area contributed by atoms with Crippen LogP contribution in [0.15, 0.2) is 22.4 Å². The van der Waals surface area contributed by atoms with Gasteiger partial charge in [0.15, 0.2) is 0 Å². The quantitative estimate of drug-likeness (QED) is 0.895. The average molecular weight is 334 g/mol. The van der Waals surface area contributed by atoms with Crippen molar-refractivity contribution in [3.05, 3.63) is 28.0 Å². The van der Waals surface area contributed by atoms with Crippen LogP contribution in [0.2, 0.25) is 0 Å². The molecule has 1 aliphatic rings. The average Bonchev–Trinajstić information content (AvgIpc) is 3.03. The van der Waals surface area contributed by atoms with E-state index in [2.05, 4.69) is 32.4 Å². The Bertz CT molecular complexity index is 721. The number of amides is 1. The molecule has 0 atom stereocenters. The van der Waals surface area contributed by atoms with E-state index < -0.39 is 0 Å². The lowest BCUT2D eigenvalue weighted by molar-refractivity contribution is -0.117. The standard InChI is InChI=1S/C14H18N6O2S/c1-10-4-6-19(7-5-10)11-2-3-13(22)20(18-11)8-12(21)16-14-17-15-9-23-14/h2-3,9-10H,4-8H2,1H3,(H,16,17,21). The lowest BCUT2D eigenvalue weighted by Gasteiger charge is -2.31. The van der Waals surface area contributed by atoms with E-state index in [4.69, 9.17) is 0 Å². The predicted molar refractivity (Wildman–Crippen MR) is 87.6 cm³/mol. The maximum Gasteiger partial charge on any atom is 0.267 e. The fraction of sp³-hybridized carbons (Fsp3) is 0.500. The molecule has 3 rings (SSSR count). The summed E-state index contributed by atoms with van der Waals surface area (Å²) in [4.78, 5) is 26.0. The Morgan fingerprint density at radius 1 is 1.39 bits per heavy atom. The van der Waals surface area contributed by atoms with Crippen molar-refractivity contribution >= 4 is 28.2 Å². The van der Waals surface area contributed by atoms with E-state index >= 15 is 0 Å². The highest BCUT2D eigenvalue weighted by molar-refractivity contribution is 7.13. The van der Waals surface area contributed by atoms with Crippen LogP contribution in [-0.4, -0.2) is 39.0 Å². The number of aromatic nitrogens is 4. The first kappa shape index (κ1) is 15.6. The summed E-state index contributed by atoms with van der Waals surface area (Å²) in [5.74, 6) is 1.11. The number of hydrogen-bond donors (Lipinski definition) is 1. The van der Waals surface area contributed by atoms with Gasteiger partial charge in [-0.3, -0.25) is 14.9 Å². The summed E-state index contributed by atoms with van der Waals surface area (Å²) >= 11 is 1.22. The molecule has 0 spiro atoms. The fourth-order valence-corrected chi connectivity index (χ4v) is 2.94. The van der Waals surface area contributed by atoms with Crippen molar-refractivity contribution in [2.24, 2.45) is 5.92 Å². The van der Waals surface area contributed by atoms with Crippen molar-refractivity contribution in [3.63, 3.8) is 0 Å². The Morgan fingerprint density at radius 2 is 2.17 bits per heavy atom. The number of carbonyl (C=O) groups is 1. The normalized spacial score (nSPS) is 15.6. The van der Waals surface area contributed by atoms with Gasteiger partial charge < -0.3 is 4.90 Å². The Balaban J connectivity index is 1.70. The molecule has 0 radical (unpaired) electrons. The minimum absolute atomic E-state index is 0.142. The van der Waals surface area contributed by atoms with Gasteiger partial charge in [0.05, 0.1) is 0 Å². The molecule has 0 bridgehead atoms. The summed E-state index contributed by atoms with van der Waals surface area (Å²) in [6.45, 7) is 3.94. The zero-order chi connectivity index (χ0) is 16.2. The molecule has 0 unspecified atom stereocenters. The van der Waals surface area contributed by atoms with Gasteiger partial charge in [0, 0.05) is 19.2 Å². The molecule has 1 N–H and O–H groups in total. The SMILES string of the molecule is CC1CCN(c2ccc(=O)n(CC(=O)Nc3nncs3)n2)CC1. The molecule has 0 saturated carbocycles. The van der Waals surface area contributed by atoms with E-state index in [1.165, 1.54) is 27.6 Å². The maximum absolute atomic E-state index is 12.0. The van der Waals surface area contributed by atoms with Crippen molar-refractivity contribution in [1.29, 1.82) is 0 Å². The van der Waals surface area contributed by atoms with Crippen molar-refractivity contribution in [1.82, 2.24) is 20.0 Å². The Hall–Kier alpha value is -2.29. The second-order valence-electron chi connectivity index (χ2n) is 5.65. The molecule has 1 fully saturated rings. The molecule has 122 valence electrons. The molecule has 8 nitrogen and oxygen atoms in total. The number of piperidine rings is 1. The third-order valence-corrected chi connectivity index (χ3v) is 4.47. The molecule has 1 saturated heterocycles. The second kappa shape index (κ2) is 6.86. The van der Waals surface area contributed by atoms with Crippen LogP contribution in [0.3, 0.4) is 0 Å². The number of nitrogens with zero attached hydrogens (tertiary/aromatic N) is 5. The van der Waals surface area contributed by atoms with Crippen molar-refractivity contribution in [2.45, 2.75) is 26.3 Å². The summed E-state index contributed by atoms with van der Waals surface area (Å²) < 4.78 is 1.18. The third kappa shape index (κ3) is 3.92. The van der Waals surface area contributed by atoms with Gasteiger partial charge in [0.1, 0.15) is 17.9 Å². The molecule has 3 heterocycles. The Kier molecular flexibility index (Phi) is 4.65.